The van der Waals surface area contributed by atoms with Crippen LogP contribution in [-0.4, -0.2) is 19.5 Å². The van der Waals surface area contributed by atoms with E-state index >= 15 is 0 Å². The Morgan fingerprint density at radius 2 is 1.76 bits per heavy atom. The second kappa shape index (κ2) is 5.76. The number of nitrogens with two attached hydrogens (primary N) is 2. The van der Waals surface area contributed by atoms with E-state index < -0.39 is 16.0 Å². The number of anilines is 1. The molecule has 0 aliphatic heterocycles. The van der Waals surface area contributed by atoms with Gasteiger partial charge in [-0.2, -0.15) is 0 Å². The molecule has 21 heavy (non-hydrogen) atoms. The number of carboxylic acids is 1. The fraction of sp³-hybridized carbons (Fsp3) is 0. The number of hydrogen-bond donors (Lipinski definition) is 3. The molecule has 8 heteroatoms. The van der Waals surface area contributed by atoms with Crippen LogP contribution in [0.25, 0.3) is 0 Å². The summed E-state index contributed by atoms with van der Waals surface area (Å²) < 4.78 is 23.4. The fourth-order valence-corrected chi connectivity index (χ4v) is 3.68. The van der Waals surface area contributed by atoms with Crippen LogP contribution in [0.1, 0.15) is 10.4 Å². The van der Waals surface area contributed by atoms with E-state index in [9.17, 15) is 13.2 Å². The second-order valence-electron chi connectivity index (χ2n) is 4.16. The van der Waals surface area contributed by atoms with E-state index in [1.807, 2.05) is 6.07 Å². The molecule has 0 aliphatic rings. The highest BCUT2D eigenvalue weighted by Gasteiger charge is 2.21. The first-order valence-electron chi connectivity index (χ1n) is 5.71. The standard InChI is InChI=1S/C13H12N2O4S2/c14-10-6-8(13(16)17)7-11(21(15,18)19)12(10)20-9-4-2-1-3-5-9/h1-7H,14H2,(H,16,17)(H2,15,18,19). The van der Waals surface area contributed by atoms with E-state index in [0.717, 1.165) is 22.7 Å². The predicted molar refractivity (Wildman–Crippen MR) is 79.8 cm³/mol. The number of rotatable bonds is 4. The lowest BCUT2D eigenvalue weighted by atomic mass is 10.2. The van der Waals surface area contributed by atoms with Crippen LogP contribution in [0.15, 0.2) is 57.2 Å². The Kier molecular flexibility index (Phi) is 4.21. The van der Waals surface area contributed by atoms with Crippen molar-refractivity contribution in [1.29, 1.82) is 0 Å². The molecule has 0 unspecified atom stereocenters. The van der Waals surface area contributed by atoms with Gasteiger partial charge in [0.25, 0.3) is 0 Å². The summed E-state index contributed by atoms with van der Waals surface area (Å²) in [5.74, 6) is -1.28. The molecular weight excluding hydrogens is 312 g/mol. The molecular formula is C13H12N2O4S2. The lowest BCUT2D eigenvalue weighted by Gasteiger charge is -2.12. The largest absolute Gasteiger partial charge is 0.478 e. The van der Waals surface area contributed by atoms with Crippen molar-refractivity contribution in [2.24, 2.45) is 5.14 Å². The van der Waals surface area contributed by atoms with Gasteiger partial charge in [-0.05, 0) is 24.3 Å². The quantitative estimate of drug-likeness (QED) is 0.736. The zero-order valence-corrected chi connectivity index (χ0v) is 12.3. The van der Waals surface area contributed by atoms with Crippen molar-refractivity contribution in [3.05, 3.63) is 48.0 Å². The van der Waals surface area contributed by atoms with Crippen molar-refractivity contribution < 1.29 is 18.3 Å². The summed E-state index contributed by atoms with van der Waals surface area (Å²) in [6.45, 7) is 0. The van der Waals surface area contributed by atoms with Gasteiger partial charge in [0, 0.05) is 10.6 Å². The average Bonchev–Trinajstić information content (AvgIpc) is 2.40. The first-order chi connectivity index (χ1) is 9.79. The molecule has 2 aromatic carbocycles. The van der Waals surface area contributed by atoms with Gasteiger partial charge in [0.15, 0.2) is 0 Å². The molecule has 0 amide bonds. The highest BCUT2D eigenvalue weighted by molar-refractivity contribution is 8.00. The Balaban J connectivity index is 2.62. The first kappa shape index (κ1) is 15.4. The van der Waals surface area contributed by atoms with Gasteiger partial charge in [0.1, 0.15) is 0 Å². The van der Waals surface area contributed by atoms with Crippen molar-refractivity contribution in [3.8, 4) is 0 Å². The Hall–Kier alpha value is -2.03. The third-order valence-corrected chi connectivity index (χ3v) is 4.83. The predicted octanol–water partition coefficient (Wildman–Crippen LogP) is 1.77. The highest BCUT2D eigenvalue weighted by atomic mass is 32.2. The highest BCUT2D eigenvalue weighted by Crippen LogP contribution is 2.37. The Morgan fingerprint density at radius 3 is 2.29 bits per heavy atom. The normalized spacial score (nSPS) is 11.3. The molecule has 0 fully saturated rings. The molecule has 2 rings (SSSR count). The van der Waals surface area contributed by atoms with E-state index in [2.05, 4.69) is 0 Å². The first-order valence-corrected chi connectivity index (χ1v) is 8.08. The lowest BCUT2D eigenvalue weighted by Crippen LogP contribution is -2.15. The van der Waals surface area contributed by atoms with E-state index in [1.165, 1.54) is 6.07 Å². The third-order valence-electron chi connectivity index (χ3n) is 2.60. The van der Waals surface area contributed by atoms with Gasteiger partial charge >= 0.3 is 5.97 Å². The van der Waals surface area contributed by atoms with Crippen LogP contribution in [0.2, 0.25) is 0 Å². The minimum atomic E-state index is -4.10. The molecule has 0 saturated carbocycles. The zero-order valence-electron chi connectivity index (χ0n) is 10.7. The van der Waals surface area contributed by atoms with E-state index in [4.69, 9.17) is 16.0 Å². The molecule has 6 nitrogen and oxygen atoms in total. The third kappa shape index (κ3) is 3.54. The second-order valence-corrected chi connectivity index (χ2v) is 6.77. The van der Waals surface area contributed by atoms with Crippen LogP contribution >= 0.6 is 11.8 Å². The van der Waals surface area contributed by atoms with Crippen LogP contribution in [-0.2, 0) is 10.0 Å². The van der Waals surface area contributed by atoms with Gasteiger partial charge in [-0.3, -0.25) is 0 Å². The number of aromatic carboxylic acids is 1. The molecule has 5 N–H and O–H groups in total. The molecule has 0 aliphatic carbocycles. The van der Waals surface area contributed by atoms with E-state index in [-0.39, 0.29) is 21.0 Å². The van der Waals surface area contributed by atoms with Crippen LogP contribution in [0.4, 0.5) is 5.69 Å². The SMILES string of the molecule is Nc1cc(C(=O)O)cc(S(N)(=O)=O)c1Sc1ccccc1. The van der Waals surface area contributed by atoms with Gasteiger partial charge in [-0.15, -0.1) is 0 Å². The van der Waals surface area contributed by atoms with Crippen molar-refractivity contribution in [2.75, 3.05) is 5.73 Å². The van der Waals surface area contributed by atoms with Gasteiger partial charge in [-0.25, -0.2) is 18.4 Å². The molecule has 0 spiro atoms. The molecule has 110 valence electrons. The number of primary sulfonamides is 1. The summed E-state index contributed by atoms with van der Waals surface area (Å²) >= 11 is 1.11. The molecule has 0 radical (unpaired) electrons. The molecule has 0 saturated heterocycles. The maximum absolute atomic E-state index is 11.7. The lowest BCUT2D eigenvalue weighted by molar-refractivity contribution is 0.0696. The Morgan fingerprint density at radius 1 is 1.14 bits per heavy atom. The van der Waals surface area contributed by atoms with Crippen molar-refractivity contribution in [1.82, 2.24) is 0 Å². The van der Waals surface area contributed by atoms with Gasteiger partial charge < -0.3 is 10.8 Å². The molecule has 0 heterocycles. The van der Waals surface area contributed by atoms with Gasteiger partial charge in [0.2, 0.25) is 10.0 Å². The summed E-state index contributed by atoms with van der Waals surface area (Å²) in [4.78, 5) is 11.7. The number of nitrogen functional groups attached to an aromatic ring is 1. The smallest absolute Gasteiger partial charge is 0.335 e. The Bertz CT molecular complexity index is 789. The number of benzene rings is 2. The average molecular weight is 324 g/mol. The van der Waals surface area contributed by atoms with Crippen LogP contribution in [0.5, 0.6) is 0 Å². The van der Waals surface area contributed by atoms with Crippen LogP contribution in [0.3, 0.4) is 0 Å². The summed E-state index contributed by atoms with van der Waals surface area (Å²) in [5, 5.41) is 14.1. The molecule has 0 atom stereocenters. The van der Waals surface area contributed by atoms with Crippen LogP contribution < -0.4 is 10.9 Å². The topological polar surface area (TPSA) is 123 Å². The number of sulfonamides is 1. The maximum atomic E-state index is 11.7. The molecule has 0 aromatic heterocycles. The zero-order chi connectivity index (χ0) is 15.6. The number of hydrogen-bond acceptors (Lipinski definition) is 5. The number of carbonyl (C=O) groups is 1. The summed E-state index contributed by atoms with van der Waals surface area (Å²) in [6.07, 6.45) is 0. The van der Waals surface area contributed by atoms with E-state index in [1.54, 1.807) is 24.3 Å². The van der Waals surface area contributed by atoms with Crippen molar-refractivity contribution in [3.63, 3.8) is 0 Å². The molecule has 2 aromatic rings. The summed E-state index contributed by atoms with van der Waals surface area (Å²) in [7, 11) is -4.10. The maximum Gasteiger partial charge on any atom is 0.335 e. The van der Waals surface area contributed by atoms with E-state index in [0.29, 0.717) is 0 Å². The number of carboxylic acid groups (broad SMARTS) is 1. The minimum absolute atomic E-state index is 0.0489. The van der Waals surface area contributed by atoms with Crippen molar-refractivity contribution >= 4 is 33.4 Å². The Labute approximate surface area is 125 Å². The molecule has 0 bridgehead atoms. The fourth-order valence-electron chi connectivity index (χ4n) is 1.67. The monoisotopic (exact) mass is 324 g/mol. The summed E-state index contributed by atoms with van der Waals surface area (Å²) in [6, 6.07) is 11.2. The van der Waals surface area contributed by atoms with Gasteiger partial charge in [-0.1, -0.05) is 30.0 Å². The summed E-state index contributed by atoms with van der Waals surface area (Å²) in [5.41, 5.74) is 5.62. The van der Waals surface area contributed by atoms with Crippen LogP contribution in [0, 0.1) is 0 Å². The van der Waals surface area contributed by atoms with Crippen molar-refractivity contribution in [2.45, 2.75) is 14.7 Å². The minimum Gasteiger partial charge on any atom is -0.478 e. The van der Waals surface area contributed by atoms with Gasteiger partial charge in [0.05, 0.1) is 15.4 Å².